The Bertz CT molecular complexity index is 861. The molecule has 2 aromatic carbocycles. The minimum absolute atomic E-state index is 0.185. The van der Waals surface area contributed by atoms with Gasteiger partial charge in [0.05, 0.1) is 19.7 Å². The van der Waals surface area contributed by atoms with Gasteiger partial charge in [0.2, 0.25) is 0 Å². The predicted molar refractivity (Wildman–Crippen MR) is 89.6 cm³/mol. The van der Waals surface area contributed by atoms with Gasteiger partial charge in [-0.15, -0.1) is 0 Å². The average molecular weight is 311 g/mol. The van der Waals surface area contributed by atoms with Crippen molar-refractivity contribution in [3.63, 3.8) is 0 Å². The lowest BCUT2D eigenvalue weighted by Crippen LogP contribution is -1.93. The molecule has 0 N–H and O–H groups in total. The van der Waals surface area contributed by atoms with Crippen molar-refractivity contribution in [2.24, 2.45) is 0 Å². The maximum Gasteiger partial charge on any atom is 0.162 e. The summed E-state index contributed by atoms with van der Waals surface area (Å²) in [7, 11) is 3.18. The summed E-state index contributed by atoms with van der Waals surface area (Å²) < 4.78 is 24.8. The van der Waals surface area contributed by atoms with E-state index in [1.165, 1.54) is 0 Å². The Morgan fingerprint density at radius 3 is 2.39 bits per heavy atom. The molecule has 0 bridgehead atoms. The van der Waals surface area contributed by atoms with Crippen molar-refractivity contribution >= 4 is 10.9 Å². The van der Waals surface area contributed by atoms with Crippen molar-refractivity contribution in [1.29, 1.82) is 0 Å². The molecule has 0 radical (unpaired) electrons. The number of aryl methyl sites for hydroxylation is 1. The molecule has 1 heterocycles. The normalized spacial score (nSPS) is 10.8. The van der Waals surface area contributed by atoms with Gasteiger partial charge in [-0.3, -0.25) is 4.98 Å². The van der Waals surface area contributed by atoms with Crippen molar-refractivity contribution in [1.82, 2.24) is 4.98 Å². The Kier molecular flexibility index (Phi) is 4.15. The fourth-order valence-corrected chi connectivity index (χ4v) is 2.73. The zero-order valence-electron chi connectivity index (χ0n) is 13.4. The fraction of sp³-hybridized carbons (Fsp3) is 0.211. The highest BCUT2D eigenvalue weighted by atomic mass is 19.1. The van der Waals surface area contributed by atoms with Gasteiger partial charge in [0.25, 0.3) is 0 Å². The van der Waals surface area contributed by atoms with E-state index >= 15 is 0 Å². The van der Waals surface area contributed by atoms with Gasteiger partial charge in [0, 0.05) is 17.6 Å². The van der Waals surface area contributed by atoms with E-state index in [0.29, 0.717) is 23.5 Å². The van der Waals surface area contributed by atoms with Crippen molar-refractivity contribution in [2.75, 3.05) is 14.2 Å². The van der Waals surface area contributed by atoms with Gasteiger partial charge in [-0.25, -0.2) is 4.39 Å². The quantitative estimate of drug-likeness (QED) is 0.704. The molecule has 0 saturated carbocycles. The standard InChI is InChI=1S/C19H18FNO2/c1-4-12-5-6-13(9-16(12)20)14-7-8-21-17-11-19(23-3)18(22-2)10-15(14)17/h5-11H,4H2,1-3H3. The van der Waals surface area contributed by atoms with Crippen LogP contribution >= 0.6 is 0 Å². The monoisotopic (exact) mass is 311 g/mol. The molecular formula is C19H18FNO2. The van der Waals surface area contributed by atoms with Crippen molar-refractivity contribution in [3.05, 3.63) is 54.0 Å². The molecule has 0 unspecified atom stereocenters. The van der Waals surface area contributed by atoms with Crippen molar-refractivity contribution in [2.45, 2.75) is 13.3 Å². The van der Waals surface area contributed by atoms with E-state index in [0.717, 1.165) is 22.0 Å². The number of hydrogen-bond acceptors (Lipinski definition) is 3. The Morgan fingerprint density at radius 1 is 1.00 bits per heavy atom. The number of nitrogens with zero attached hydrogens (tertiary/aromatic N) is 1. The molecule has 3 rings (SSSR count). The first-order valence-corrected chi connectivity index (χ1v) is 7.47. The number of fused-ring (bicyclic) bond motifs is 1. The van der Waals surface area contributed by atoms with Crippen molar-refractivity contribution < 1.29 is 13.9 Å². The average Bonchev–Trinajstić information content (AvgIpc) is 2.59. The van der Waals surface area contributed by atoms with Gasteiger partial charge < -0.3 is 9.47 Å². The van der Waals surface area contributed by atoms with Gasteiger partial charge >= 0.3 is 0 Å². The minimum atomic E-state index is -0.185. The molecule has 0 aliphatic heterocycles. The van der Waals surface area contributed by atoms with Crippen LogP contribution in [0, 0.1) is 5.82 Å². The molecule has 0 aliphatic rings. The maximum absolute atomic E-state index is 14.1. The summed E-state index contributed by atoms with van der Waals surface area (Å²) >= 11 is 0. The van der Waals surface area contributed by atoms with E-state index in [9.17, 15) is 4.39 Å². The summed E-state index contributed by atoms with van der Waals surface area (Å²) in [6, 6.07) is 10.9. The lowest BCUT2D eigenvalue weighted by atomic mass is 9.99. The number of hydrogen-bond donors (Lipinski definition) is 0. The summed E-state index contributed by atoms with van der Waals surface area (Å²) in [5, 5.41) is 0.897. The van der Waals surface area contributed by atoms with Crippen LogP contribution in [-0.4, -0.2) is 19.2 Å². The van der Waals surface area contributed by atoms with Crippen molar-refractivity contribution in [3.8, 4) is 22.6 Å². The highest BCUT2D eigenvalue weighted by molar-refractivity contribution is 5.96. The summed E-state index contributed by atoms with van der Waals surface area (Å²) in [6.45, 7) is 1.94. The van der Waals surface area contributed by atoms with Crippen LogP contribution in [0.2, 0.25) is 0 Å². The molecule has 4 heteroatoms. The highest BCUT2D eigenvalue weighted by Crippen LogP contribution is 2.36. The third kappa shape index (κ3) is 2.72. The van der Waals surface area contributed by atoms with E-state index < -0.39 is 0 Å². The van der Waals surface area contributed by atoms with E-state index in [-0.39, 0.29) is 5.82 Å². The number of aromatic nitrogens is 1. The van der Waals surface area contributed by atoms with E-state index in [1.807, 2.05) is 37.3 Å². The smallest absolute Gasteiger partial charge is 0.162 e. The molecule has 118 valence electrons. The van der Waals surface area contributed by atoms with Crippen LogP contribution in [0.1, 0.15) is 12.5 Å². The summed E-state index contributed by atoms with van der Waals surface area (Å²) in [5.41, 5.74) is 3.23. The molecule has 0 saturated heterocycles. The van der Waals surface area contributed by atoms with Crippen LogP contribution in [0.4, 0.5) is 4.39 Å². The summed E-state index contributed by atoms with van der Waals surface area (Å²) in [4.78, 5) is 4.38. The lowest BCUT2D eigenvalue weighted by Gasteiger charge is -2.12. The van der Waals surface area contributed by atoms with Crippen LogP contribution in [0.3, 0.4) is 0 Å². The fourth-order valence-electron chi connectivity index (χ4n) is 2.73. The summed E-state index contributed by atoms with van der Waals surface area (Å²) in [6.07, 6.45) is 2.39. The lowest BCUT2D eigenvalue weighted by molar-refractivity contribution is 0.356. The first-order chi connectivity index (χ1) is 11.2. The van der Waals surface area contributed by atoms with Crippen LogP contribution in [0.25, 0.3) is 22.0 Å². The zero-order valence-corrected chi connectivity index (χ0v) is 13.4. The Hall–Kier alpha value is -2.62. The van der Waals surface area contributed by atoms with Gasteiger partial charge in [-0.05, 0) is 41.3 Å². The Labute approximate surface area is 134 Å². The Morgan fingerprint density at radius 2 is 1.74 bits per heavy atom. The maximum atomic E-state index is 14.1. The molecule has 1 aromatic heterocycles. The molecule has 0 amide bonds. The van der Waals surface area contributed by atoms with Gasteiger partial charge in [-0.1, -0.05) is 19.1 Å². The third-order valence-electron chi connectivity index (χ3n) is 3.99. The van der Waals surface area contributed by atoms with Crippen LogP contribution in [-0.2, 0) is 6.42 Å². The van der Waals surface area contributed by atoms with Crippen LogP contribution < -0.4 is 9.47 Å². The molecule has 0 aliphatic carbocycles. The second kappa shape index (κ2) is 6.24. The Balaban J connectivity index is 2.23. The van der Waals surface area contributed by atoms with Gasteiger partial charge in [0.15, 0.2) is 11.5 Å². The first kappa shape index (κ1) is 15.3. The van der Waals surface area contributed by atoms with Gasteiger partial charge in [-0.2, -0.15) is 0 Å². The number of methoxy groups -OCH3 is 2. The van der Waals surface area contributed by atoms with Crippen LogP contribution in [0.5, 0.6) is 11.5 Å². The molecule has 23 heavy (non-hydrogen) atoms. The number of halogens is 1. The highest BCUT2D eigenvalue weighted by Gasteiger charge is 2.12. The third-order valence-corrected chi connectivity index (χ3v) is 3.99. The van der Waals surface area contributed by atoms with E-state index in [4.69, 9.17) is 9.47 Å². The number of benzene rings is 2. The minimum Gasteiger partial charge on any atom is -0.493 e. The second-order valence-corrected chi connectivity index (χ2v) is 5.24. The van der Waals surface area contributed by atoms with E-state index in [2.05, 4.69) is 4.98 Å². The molecule has 3 aromatic rings. The largest absolute Gasteiger partial charge is 0.493 e. The molecule has 0 atom stereocenters. The zero-order chi connectivity index (χ0) is 16.4. The predicted octanol–water partition coefficient (Wildman–Crippen LogP) is 4.62. The topological polar surface area (TPSA) is 31.4 Å². The second-order valence-electron chi connectivity index (χ2n) is 5.24. The van der Waals surface area contributed by atoms with Gasteiger partial charge in [0.1, 0.15) is 5.82 Å². The summed E-state index contributed by atoms with van der Waals surface area (Å²) in [5.74, 6) is 1.06. The molecular weight excluding hydrogens is 293 g/mol. The van der Waals surface area contributed by atoms with Crippen LogP contribution in [0.15, 0.2) is 42.6 Å². The number of ether oxygens (including phenoxy) is 2. The SMILES string of the molecule is CCc1ccc(-c2ccnc3cc(OC)c(OC)cc23)cc1F. The number of rotatable bonds is 4. The molecule has 0 spiro atoms. The molecule has 3 nitrogen and oxygen atoms in total. The number of pyridine rings is 1. The molecule has 0 fully saturated rings. The van der Waals surface area contributed by atoms with E-state index in [1.54, 1.807) is 26.5 Å². The first-order valence-electron chi connectivity index (χ1n) is 7.47.